The zero-order valence-corrected chi connectivity index (χ0v) is 16.9. The Bertz CT molecular complexity index is 1230. The molecule has 152 valence electrons. The van der Waals surface area contributed by atoms with Crippen LogP contribution in [-0.4, -0.2) is 54.3 Å². The molecule has 0 radical (unpaired) electrons. The topological polar surface area (TPSA) is 92.8 Å². The standard InChI is InChI=1S/C19H18ClN3O5S/c20-14-4-3-5-15(12-14)29(26,27)22-10-8-21(9-11-22)18(24)13-23-16-6-1-2-7-17(16)28-19(23)25/h1-7,12H,8-11,13H2. The number of carbonyl (C=O) groups excluding carboxylic acids is 1. The summed E-state index contributed by atoms with van der Waals surface area (Å²) in [5.74, 6) is -0.861. The van der Waals surface area contributed by atoms with Gasteiger partial charge in [0.05, 0.1) is 10.4 Å². The van der Waals surface area contributed by atoms with E-state index in [0.717, 1.165) is 0 Å². The molecule has 1 amide bonds. The van der Waals surface area contributed by atoms with Crippen LogP contribution >= 0.6 is 11.6 Å². The summed E-state index contributed by atoms with van der Waals surface area (Å²) in [6.07, 6.45) is 0. The van der Waals surface area contributed by atoms with Gasteiger partial charge in [-0.15, -0.1) is 0 Å². The molecule has 8 nitrogen and oxygen atoms in total. The monoisotopic (exact) mass is 435 g/mol. The highest BCUT2D eigenvalue weighted by Gasteiger charge is 2.30. The lowest BCUT2D eigenvalue weighted by molar-refractivity contribution is -0.133. The van der Waals surface area contributed by atoms with Gasteiger partial charge in [0.2, 0.25) is 15.9 Å². The zero-order valence-electron chi connectivity index (χ0n) is 15.3. The van der Waals surface area contributed by atoms with E-state index in [-0.39, 0.29) is 43.5 Å². The molecule has 1 aliphatic rings. The quantitative estimate of drug-likeness (QED) is 0.622. The van der Waals surface area contributed by atoms with Crippen LogP contribution < -0.4 is 5.76 Å². The number of aromatic nitrogens is 1. The Morgan fingerprint density at radius 1 is 1.03 bits per heavy atom. The molecule has 1 aliphatic heterocycles. The molecule has 0 atom stereocenters. The minimum atomic E-state index is -3.68. The number of rotatable bonds is 4. The van der Waals surface area contributed by atoms with Crippen molar-refractivity contribution in [3.05, 3.63) is 64.1 Å². The number of benzene rings is 2. The van der Waals surface area contributed by atoms with Crippen molar-refractivity contribution in [2.24, 2.45) is 0 Å². The van der Waals surface area contributed by atoms with Crippen LogP contribution in [-0.2, 0) is 21.4 Å². The number of carbonyl (C=O) groups is 1. The van der Waals surface area contributed by atoms with Crippen molar-refractivity contribution in [1.29, 1.82) is 0 Å². The summed E-state index contributed by atoms with van der Waals surface area (Å²) < 4.78 is 33.3. The highest BCUT2D eigenvalue weighted by molar-refractivity contribution is 7.89. The lowest BCUT2D eigenvalue weighted by atomic mass is 10.3. The summed E-state index contributed by atoms with van der Waals surface area (Å²) in [5, 5.41) is 0.345. The molecular weight excluding hydrogens is 418 g/mol. The highest BCUT2D eigenvalue weighted by atomic mass is 35.5. The smallest absolute Gasteiger partial charge is 0.408 e. The first-order valence-electron chi connectivity index (χ1n) is 8.98. The van der Waals surface area contributed by atoms with E-state index in [0.29, 0.717) is 16.1 Å². The van der Waals surface area contributed by atoms with Crippen molar-refractivity contribution >= 4 is 38.6 Å². The molecule has 2 heterocycles. The molecule has 1 aromatic heterocycles. The van der Waals surface area contributed by atoms with E-state index in [2.05, 4.69) is 0 Å². The summed E-state index contributed by atoms with van der Waals surface area (Å²) >= 11 is 5.91. The predicted octanol–water partition coefficient (Wildman–Crippen LogP) is 1.78. The molecule has 0 saturated carbocycles. The number of nitrogens with zero attached hydrogens (tertiary/aromatic N) is 3. The molecule has 0 spiro atoms. The van der Waals surface area contributed by atoms with E-state index in [4.69, 9.17) is 16.0 Å². The number of sulfonamides is 1. The molecular formula is C19H18ClN3O5S. The molecule has 0 unspecified atom stereocenters. The molecule has 1 fully saturated rings. The highest BCUT2D eigenvalue weighted by Crippen LogP contribution is 2.21. The number of oxazole rings is 1. The van der Waals surface area contributed by atoms with Gasteiger partial charge in [-0.2, -0.15) is 4.31 Å². The molecule has 29 heavy (non-hydrogen) atoms. The van der Waals surface area contributed by atoms with Crippen LogP contribution in [0.1, 0.15) is 0 Å². The maximum absolute atomic E-state index is 12.8. The molecule has 2 aromatic carbocycles. The van der Waals surface area contributed by atoms with Crippen molar-refractivity contribution in [3.63, 3.8) is 0 Å². The fourth-order valence-electron chi connectivity index (χ4n) is 3.35. The van der Waals surface area contributed by atoms with Crippen LogP contribution in [0.3, 0.4) is 0 Å². The fourth-order valence-corrected chi connectivity index (χ4v) is 5.08. The average Bonchev–Trinajstić information content (AvgIpc) is 3.03. The Kier molecular flexibility index (Phi) is 5.20. The van der Waals surface area contributed by atoms with Crippen molar-refractivity contribution in [3.8, 4) is 0 Å². The van der Waals surface area contributed by atoms with Crippen LogP contribution in [0.15, 0.2) is 62.6 Å². The number of halogens is 1. The third-order valence-corrected chi connectivity index (χ3v) is 7.02. The third kappa shape index (κ3) is 3.81. The SMILES string of the molecule is O=C(Cn1c(=O)oc2ccccc21)N1CCN(S(=O)(=O)c2cccc(Cl)c2)CC1. The Morgan fingerprint density at radius 2 is 1.76 bits per heavy atom. The van der Waals surface area contributed by atoms with E-state index in [1.165, 1.54) is 21.0 Å². The fraction of sp³-hybridized carbons (Fsp3) is 0.263. The van der Waals surface area contributed by atoms with Gasteiger partial charge in [0.1, 0.15) is 6.54 Å². The summed E-state index contributed by atoms with van der Waals surface area (Å²) in [4.78, 5) is 26.4. The lowest BCUT2D eigenvalue weighted by Crippen LogP contribution is -2.51. The first-order valence-corrected chi connectivity index (χ1v) is 10.8. The van der Waals surface area contributed by atoms with Crippen molar-refractivity contribution in [2.75, 3.05) is 26.2 Å². The van der Waals surface area contributed by atoms with Crippen LogP contribution in [0.4, 0.5) is 0 Å². The van der Waals surface area contributed by atoms with Gasteiger partial charge in [0.15, 0.2) is 5.58 Å². The predicted molar refractivity (Wildman–Crippen MR) is 107 cm³/mol. The van der Waals surface area contributed by atoms with E-state index in [9.17, 15) is 18.0 Å². The van der Waals surface area contributed by atoms with Gasteiger partial charge >= 0.3 is 5.76 Å². The van der Waals surface area contributed by atoms with E-state index in [1.54, 1.807) is 41.3 Å². The summed E-state index contributed by atoms with van der Waals surface area (Å²) in [6, 6.07) is 13.0. The number of amides is 1. The molecule has 0 bridgehead atoms. The summed E-state index contributed by atoms with van der Waals surface area (Å²) in [7, 11) is -3.68. The summed E-state index contributed by atoms with van der Waals surface area (Å²) in [6.45, 7) is 0.659. The number of para-hydroxylation sites is 2. The van der Waals surface area contributed by atoms with E-state index < -0.39 is 15.8 Å². The minimum Gasteiger partial charge on any atom is -0.408 e. The molecule has 1 saturated heterocycles. The van der Waals surface area contributed by atoms with E-state index >= 15 is 0 Å². The Hall–Kier alpha value is -2.62. The second kappa shape index (κ2) is 7.66. The first-order chi connectivity index (χ1) is 13.9. The minimum absolute atomic E-state index is 0.126. The maximum Gasteiger partial charge on any atom is 0.420 e. The van der Waals surface area contributed by atoms with Gasteiger partial charge in [-0.1, -0.05) is 29.8 Å². The van der Waals surface area contributed by atoms with Gasteiger partial charge in [0.25, 0.3) is 0 Å². The summed E-state index contributed by atoms with van der Waals surface area (Å²) in [5.41, 5.74) is 0.968. The van der Waals surface area contributed by atoms with Crippen LogP contribution in [0.5, 0.6) is 0 Å². The number of piperazine rings is 1. The van der Waals surface area contributed by atoms with Gasteiger partial charge in [-0.3, -0.25) is 9.36 Å². The van der Waals surface area contributed by atoms with Gasteiger partial charge in [-0.05, 0) is 30.3 Å². The van der Waals surface area contributed by atoms with E-state index in [1.807, 2.05) is 0 Å². The molecule has 0 N–H and O–H groups in total. The van der Waals surface area contributed by atoms with Crippen molar-refractivity contribution in [1.82, 2.24) is 13.8 Å². The van der Waals surface area contributed by atoms with Crippen molar-refractivity contribution < 1.29 is 17.6 Å². The third-order valence-electron chi connectivity index (χ3n) is 4.89. The first kappa shape index (κ1) is 19.7. The van der Waals surface area contributed by atoms with Crippen LogP contribution in [0.25, 0.3) is 11.1 Å². The van der Waals surface area contributed by atoms with Crippen LogP contribution in [0.2, 0.25) is 5.02 Å². The van der Waals surface area contributed by atoms with Gasteiger partial charge < -0.3 is 9.32 Å². The number of hydrogen-bond acceptors (Lipinski definition) is 5. The normalized spacial score (nSPS) is 15.7. The lowest BCUT2D eigenvalue weighted by Gasteiger charge is -2.34. The van der Waals surface area contributed by atoms with Crippen LogP contribution in [0, 0.1) is 0 Å². The molecule has 4 rings (SSSR count). The Labute approximate surface area is 171 Å². The second-order valence-corrected chi connectivity index (χ2v) is 9.04. The number of fused-ring (bicyclic) bond motifs is 1. The largest absolute Gasteiger partial charge is 0.420 e. The average molecular weight is 436 g/mol. The van der Waals surface area contributed by atoms with Crippen molar-refractivity contribution in [2.45, 2.75) is 11.4 Å². The Morgan fingerprint density at radius 3 is 2.48 bits per heavy atom. The molecule has 10 heteroatoms. The second-order valence-electron chi connectivity index (χ2n) is 6.66. The zero-order chi connectivity index (χ0) is 20.6. The maximum atomic E-state index is 12.8. The number of hydrogen-bond donors (Lipinski definition) is 0. The molecule has 3 aromatic rings. The molecule has 0 aliphatic carbocycles. The van der Waals surface area contributed by atoms with Gasteiger partial charge in [0, 0.05) is 31.2 Å². The van der Waals surface area contributed by atoms with Gasteiger partial charge in [-0.25, -0.2) is 13.2 Å². The Balaban J connectivity index is 1.45.